The summed E-state index contributed by atoms with van der Waals surface area (Å²) in [6.45, 7) is 2.81. The standard InChI is InChI=1S/C23H19FN6O4/c1-2-29-10-11-30(23(33)22(29)32)20-15-4-3-9-25-17(15)19(31)18(26-20)21-28-27-16(34-21)12-13-5-7-14(24)8-6-13/h3-9,31H,2,10-12H2,1H3. The molecule has 1 aliphatic rings. The van der Waals surface area contributed by atoms with E-state index in [4.69, 9.17) is 4.42 Å². The number of likely N-dealkylation sites (N-methyl/N-ethyl adjacent to an activating group) is 1. The molecule has 5 rings (SSSR count). The van der Waals surface area contributed by atoms with E-state index in [1.165, 1.54) is 28.1 Å². The quantitative estimate of drug-likeness (QED) is 0.448. The van der Waals surface area contributed by atoms with Crippen LogP contribution >= 0.6 is 0 Å². The number of nitrogens with zero attached hydrogens (tertiary/aromatic N) is 6. The summed E-state index contributed by atoms with van der Waals surface area (Å²) in [5, 5.41) is 19.3. The van der Waals surface area contributed by atoms with E-state index in [9.17, 15) is 19.1 Å². The van der Waals surface area contributed by atoms with Crippen molar-refractivity contribution < 1.29 is 23.5 Å². The fraction of sp³-hybridized carbons (Fsp3) is 0.217. The van der Waals surface area contributed by atoms with Crippen LogP contribution in [0.4, 0.5) is 10.2 Å². The molecule has 3 aromatic heterocycles. The van der Waals surface area contributed by atoms with E-state index < -0.39 is 11.8 Å². The van der Waals surface area contributed by atoms with Gasteiger partial charge in [-0.1, -0.05) is 12.1 Å². The predicted molar refractivity (Wildman–Crippen MR) is 118 cm³/mol. The van der Waals surface area contributed by atoms with Gasteiger partial charge in [0.25, 0.3) is 5.89 Å². The molecule has 4 heterocycles. The van der Waals surface area contributed by atoms with Crippen LogP contribution in [0.25, 0.3) is 22.5 Å². The fourth-order valence-electron chi connectivity index (χ4n) is 3.84. The van der Waals surface area contributed by atoms with Gasteiger partial charge in [0.15, 0.2) is 11.4 Å². The third-order valence-corrected chi connectivity index (χ3v) is 5.60. The van der Waals surface area contributed by atoms with Crippen molar-refractivity contribution >= 4 is 28.5 Å². The monoisotopic (exact) mass is 462 g/mol. The van der Waals surface area contributed by atoms with E-state index in [1.54, 1.807) is 31.2 Å². The smallest absolute Gasteiger partial charge is 0.317 e. The number of aromatic hydroxyl groups is 1. The second-order valence-corrected chi connectivity index (χ2v) is 7.68. The number of anilines is 1. The maximum Gasteiger partial charge on any atom is 0.317 e. The molecule has 1 aliphatic heterocycles. The van der Waals surface area contributed by atoms with Gasteiger partial charge in [-0.15, -0.1) is 10.2 Å². The lowest BCUT2D eigenvalue weighted by atomic mass is 10.1. The molecule has 0 bridgehead atoms. The minimum Gasteiger partial charge on any atom is -0.504 e. The minimum absolute atomic E-state index is 0.0581. The lowest BCUT2D eigenvalue weighted by Crippen LogP contribution is -2.54. The molecule has 1 N–H and O–H groups in total. The van der Waals surface area contributed by atoms with Crippen molar-refractivity contribution in [2.45, 2.75) is 13.3 Å². The van der Waals surface area contributed by atoms with E-state index in [0.29, 0.717) is 18.5 Å². The van der Waals surface area contributed by atoms with E-state index >= 15 is 0 Å². The minimum atomic E-state index is -0.718. The van der Waals surface area contributed by atoms with Gasteiger partial charge in [0, 0.05) is 31.2 Å². The molecule has 0 aliphatic carbocycles. The van der Waals surface area contributed by atoms with Crippen LogP contribution in [0.2, 0.25) is 0 Å². The summed E-state index contributed by atoms with van der Waals surface area (Å²) < 4.78 is 18.9. The molecule has 10 nitrogen and oxygen atoms in total. The Hall–Kier alpha value is -4.41. The molecule has 1 fully saturated rings. The molecule has 0 radical (unpaired) electrons. The first-order chi connectivity index (χ1) is 16.5. The molecule has 34 heavy (non-hydrogen) atoms. The largest absolute Gasteiger partial charge is 0.504 e. The van der Waals surface area contributed by atoms with Crippen molar-refractivity contribution in [1.29, 1.82) is 0 Å². The number of rotatable bonds is 5. The summed E-state index contributed by atoms with van der Waals surface area (Å²) in [4.78, 5) is 36.7. The Labute approximate surface area is 192 Å². The van der Waals surface area contributed by atoms with Crippen LogP contribution in [0.1, 0.15) is 18.4 Å². The van der Waals surface area contributed by atoms with E-state index in [1.807, 2.05) is 0 Å². The number of halogens is 1. The van der Waals surface area contributed by atoms with Crippen LogP contribution in [-0.2, 0) is 16.0 Å². The highest BCUT2D eigenvalue weighted by atomic mass is 19.1. The zero-order valence-electron chi connectivity index (χ0n) is 18.1. The van der Waals surface area contributed by atoms with Gasteiger partial charge in [0.05, 0.1) is 6.42 Å². The number of aromatic nitrogens is 4. The Morgan fingerprint density at radius 3 is 2.65 bits per heavy atom. The van der Waals surface area contributed by atoms with Gasteiger partial charge in [-0.05, 0) is 36.8 Å². The van der Waals surface area contributed by atoms with Crippen LogP contribution in [0.15, 0.2) is 47.0 Å². The number of amides is 2. The first-order valence-corrected chi connectivity index (χ1v) is 10.6. The number of fused-ring (bicyclic) bond motifs is 1. The number of carbonyl (C=O) groups excluding carboxylic acids is 2. The maximum absolute atomic E-state index is 13.2. The molecule has 0 atom stereocenters. The normalized spacial score (nSPS) is 14.3. The predicted octanol–water partition coefficient (Wildman–Crippen LogP) is 2.31. The van der Waals surface area contributed by atoms with Crippen molar-refractivity contribution in [3.05, 3.63) is 59.9 Å². The average Bonchev–Trinajstić information content (AvgIpc) is 3.31. The van der Waals surface area contributed by atoms with Crippen LogP contribution in [0.3, 0.4) is 0 Å². The van der Waals surface area contributed by atoms with Gasteiger partial charge in [-0.2, -0.15) is 0 Å². The second kappa shape index (κ2) is 8.50. The molecule has 11 heteroatoms. The van der Waals surface area contributed by atoms with Gasteiger partial charge in [-0.3, -0.25) is 19.5 Å². The molecule has 0 saturated carbocycles. The highest BCUT2D eigenvalue weighted by Gasteiger charge is 2.35. The molecule has 0 unspecified atom stereocenters. The lowest BCUT2D eigenvalue weighted by Gasteiger charge is -2.33. The molecule has 0 spiro atoms. The number of carbonyl (C=O) groups is 2. The summed E-state index contributed by atoms with van der Waals surface area (Å²) in [7, 11) is 0. The zero-order valence-corrected chi connectivity index (χ0v) is 18.1. The number of hydrogen-bond donors (Lipinski definition) is 1. The highest BCUT2D eigenvalue weighted by Crippen LogP contribution is 2.37. The number of piperazine rings is 1. The number of hydrogen-bond acceptors (Lipinski definition) is 8. The van der Waals surface area contributed by atoms with Crippen molar-refractivity contribution in [1.82, 2.24) is 25.1 Å². The van der Waals surface area contributed by atoms with Crippen LogP contribution in [-0.4, -0.2) is 61.6 Å². The summed E-state index contributed by atoms with van der Waals surface area (Å²) in [6, 6.07) is 9.17. The molecule has 172 valence electrons. The Kier molecular flexibility index (Phi) is 5.36. The first kappa shape index (κ1) is 21.4. The van der Waals surface area contributed by atoms with Crippen LogP contribution in [0.5, 0.6) is 5.75 Å². The van der Waals surface area contributed by atoms with Crippen molar-refractivity contribution in [2.24, 2.45) is 0 Å². The van der Waals surface area contributed by atoms with Crippen molar-refractivity contribution in [3.8, 4) is 17.3 Å². The summed E-state index contributed by atoms with van der Waals surface area (Å²) in [5.74, 6) is -1.66. The summed E-state index contributed by atoms with van der Waals surface area (Å²) in [5.41, 5.74) is 0.878. The van der Waals surface area contributed by atoms with E-state index in [2.05, 4.69) is 20.2 Å². The zero-order chi connectivity index (χ0) is 23.8. The molecular formula is C23H19FN6O4. The Balaban J connectivity index is 1.56. The third-order valence-electron chi connectivity index (χ3n) is 5.60. The third kappa shape index (κ3) is 3.70. The number of pyridine rings is 2. The average molecular weight is 462 g/mol. The van der Waals surface area contributed by atoms with Gasteiger partial charge < -0.3 is 14.4 Å². The van der Waals surface area contributed by atoms with Gasteiger partial charge in [-0.25, -0.2) is 9.37 Å². The van der Waals surface area contributed by atoms with Gasteiger partial charge >= 0.3 is 11.8 Å². The highest BCUT2D eigenvalue weighted by molar-refractivity contribution is 6.41. The maximum atomic E-state index is 13.2. The lowest BCUT2D eigenvalue weighted by molar-refractivity contribution is -0.146. The molecule has 2 amide bonds. The molecule has 1 aromatic carbocycles. The topological polar surface area (TPSA) is 126 Å². The molecular weight excluding hydrogens is 443 g/mol. The van der Waals surface area contributed by atoms with Crippen molar-refractivity contribution in [3.63, 3.8) is 0 Å². The second-order valence-electron chi connectivity index (χ2n) is 7.68. The molecule has 1 saturated heterocycles. The SMILES string of the molecule is CCN1CCN(c2nc(-c3nnc(Cc4ccc(F)cc4)o3)c(O)c3ncccc23)C(=O)C1=O. The summed E-state index contributed by atoms with van der Waals surface area (Å²) >= 11 is 0. The van der Waals surface area contributed by atoms with E-state index in [0.717, 1.165) is 5.56 Å². The van der Waals surface area contributed by atoms with Crippen LogP contribution < -0.4 is 4.90 Å². The summed E-state index contributed by atoms with van der Waals surface area (Å²) in [6.07, 6.45) is 1.74. The Morgan fingerprint density at radius 1 is 1.09 bits per heavy atom. The molecule has 4 aromatic rings. The fourth-order valence-corrected chi connectivity index (χ4v) is 3.84. The van der Waals surface area contributed by atoms with Gasteiger partial charge in [0.1, 0.15) is 17.2 Å². The van der Waals surface area contributed by atoms with Crippen LogP contribution in [0, 0.1) is 5.82 Å². The van der Waals surface area contributed by atoms with Crippen molar-refractivity contribution in [2.75, 3.05) is 24.5 Å². The Morgan fingerprint density at radius 2 is 1.88 bits per heavy atom. The Bertz CT molecular complexity index is 1400. The van der Waals surface area contributed by atoms with E-state index in [-0.39, 0.29) is 53.3 Å². The van der Waals surface area contributed by atoms with Gasteiger partial charge in [0.2, 0.25) is 5.89 Å². The number of benzene rings is 1. The first-order valence-electron chi connectivity index (χ1n) is 10.6.